The van der Waals surface area contributed by atoms with Crippen LogP contribution in [0.5, 0.6) is 0 Å². The maximum Gasteiger partial charge on any atom is 0.0667 e. The Morgan fingerprint density at radius 2 is 2.23 bits per heavy atom. The molecule has 1 fully saturated rings. The Balaban J connectivity index is 2.05. The second-order valence-corrected chi connectivity index (χ2v) is 4.37. The number of hydrogen-bond acceptors (Lipinski definition) is 2. The summed E-state index contributed by atoms with van der Waals surface area (Å²) in [5.74, 6) is 1.83. The Hall–Kier alpha value is -0.0800. The molecule has 13 heavy (non-hydrogen) atoms. The van der Waals surface area contributed by atoms with Crippen molar-refractivity contribution < 1.29 is 4.74 Å². The highest BCUT2D eigenvalue weighted by molar-refractivity contribution is 4.76. The van der Waals surface area contributed by atoms with Crippen LogP contribution < -0.4 is 5.32 Å². The first-order valence-corrected chi connectivity index (χ1v) is 5.47. The number of methoxy groups -OCH3 is 1. The van der Waals surface area contributed by atoms with Crippen LogP contribution in [0.1, 0.15) is 33.1 Å². The maximum absolute atomic E-state index is 5.18. The molecule has 0 aliphatic heterocycles. The SMILES string of the molecule is COC(C)CNCC1CCCC1C. The fraction of sp³-hybridized carbons (Fsp3) is 1.00. The molecule has 0 spiro atoms. The van der Waals surface area contributed by atoms with Crippen LogP contribution >= 0.6 is 0 Å². The minimum Gasteiger partial charge on any atom is -0.380 e. The van der Waals surface area contributed by atoms with E-state index in [1.165, 1.54) is 25.8 Å². The number of rotatable bonds is 5. The van der Waals surface area contributed by atoms with Crippen molar-refractivity contribution in [2.75, 3.05) is 20.2 Å². The summed E-state index contributed by atoms with van der Waals surface area (Å²) < 4.78 is 5.18. The Morgan fingerprint density at radius 3 is 2.77 bits per heavy atom. The smallest absolute Gasteiger partial charge is 0.0667 e. The molecule has 0 bridgehead atoms. The van der Waals surface area contributed by atoms with E-state index in [2.05, 4.69) is 19.2 Å². The predicted octanol–water partition coefficient (Wildman–Crippen LogP) is 2.05. The average molecular weight is 185 g/mol. The summed E-state index contributed by atoms with van der Waals surface area (Å²) >= 11 is 0. The Morgan fingerprint density at radius 1 is 1.46 bits per heavy atom. The highest BCUT2D eigenvalue weighted by Gasteiger charge is 2.22. The summed E-state index contributed by atoms with van der Waals surface area (Å²) in [5, 5.41) is 3.48. The van der Waals surface area contributed by atoms with Gasteiger partial charge in [0.15, 0.2) is 0 Å². The molecule has 0 aromatic carbocycles. The van der Waals surface area contributed by atoms with E-state index >= 15 is 0 Å². The van der Waals surface area contributed by atoms with E-state index in [4.69, 9.17) is 4.74 Å². The zero-order chi connectivity index (χ0) is 9.68. The van der Waals surface area contributed by atoms with E-state index in [-0.39, 0.29) is 0 Å². The predicted molar refractivity (Wildman–Crippen MR) is 55.8 cm³/mol. The third-order valence-corrected chi connectivity index (χ3v) is 3.28. The van der Waals surface area contributed by atoms with E-state index in [0.717, 1.165) is 18.4 Å². The van der Waals surface area contributed by atoms with E-state index in [1.807, 2.05) is 0 Å². The van der Waals surface area contributed by atoms with Crippen molar-refractivity contribution in [3.63, 3.8) is 0 Å². The van der Waals surface area contributed by atoms with Gasteiger partial charge in [0, 0.05) is 13.7 Å². The van der Waals surface area contributed by atoms with E-state index in [9.17, 15) is 0 Å². The van der Waals surface area contributed by atoms with Crippen LogP contribution in [0.15, 0.2) is 0 Å². The molecule has 0 saturated heterocycles. The van der Waals surface area contributed by atoms with Crippen LogP contribution in [0.2, 0.25) is 0 Å². The van der Waals surface area contributed by atoms with Crippen LogP contribution in [0.4, 0.5) is 0 Å². The van der Waals surface area contributed by atoms with Crippen molar-refractivity contribution in [3.05, 3.63) is 0 Å². The number of nitrogens with one attached hydrogen (secondary N) is 1. The molecule has 2 nitrogen and oxygen atoms in total. The second kappa shape index (κ2) is 5.61. The van der Waals surface area contributed by atoms with Gasteiger partial charge < -0.3 is 10.1 Å². The molecular formula is C11H23NO. The van der Waals surface area contributed by atoms with Gasteiger partial charge in [-0.2, -0.15) is 0 Å². The van der Waals surface area contributed by atoms with Crippen LogP contribution in [-0.4, -0.2) is 26.3 Å². The van der Waals surface area contributed by atoms with E-state index in [0.29, 0.717) is 6.10 Å². The van der Waals surface area contributed by atoms with E-state index < -0.39 is 0 Å². The molecule has 2 heteroatoms. The minimum absolute atomic E-state index is 0.344. The van der Waals surface area contributed by atoms with Gasteiger partial charge >= 0.3 is 0 Å². The molecule has 0 aromatic rings. The van der Waals surface area contributed by atoms with Gasteiger partial charge in [0.05, 0.1) is 6.10 Å². The molecule has 0 amide bonds. The average Bonchev–Trinajstić information content (AvgIpc) is 2.52. The van der Waals surface area contributed by atoms with Crippen LogP contribution in [0.25, 0.3) is 0 Å². The molecule has 1 rings (SSSR count). The Labute approximate surface area is 82.0 Å². The summed E-state index contributed by atoms with van der Waals surface area (Å²) in [4.78, 5) is 0. The monoisotopic (exact) mass is 185 g/mol. The summed E-state index contributed by atoms with van der Waals surface area (Å²) in [6.07, 6.45) is 4.60. The minimum atomic E-state index is 0.344. The lowest BCUT2D eigenvalue weighted by Crippen LogP contribution is -2.31. The molecule has 3 atom stereocenters. The molecule has 1 N–H and O–H groups in total. The molecular weight excluding hydrogens is 162 g/mol. The van der Waals surface area contributed by atoms with Crippen LogP contribution in [-0.2, 0) is 4.74 Å². The lowest BCUT2D eigenvalue weighted by molar-refractivity contribution is 0.115. The van der Waals surface area contributed by atoms with Crippen molar-refractivity contribution in [1.82, 2.24) is 5.32 Å². The summed E-state index contributed by atoms with van der Waals surface area (Å²) in [7, 11) is 1.77. The van der Waals surface area contributed by atoms with Gasteiger partial charge in [-0.1, -0.05) is 19.8 Å². The fourth-order valence-corrected chi connectivity index (χ4v) is 2.08. The first-order valence-electron chi connectivity index (χ1n) is 5.47. The lowest BCUT2D eigenvalue weighted by atomic mass is 9.98. The molecule has 0 radical (unpaired) electrons. The van der Waals surface area contributed by atoms with Gasteiger partial charge in [0.25, 0.3) is 0 Å². The summed E-state index contributed by atoms with van der Waals surface area (Å²) in [6.45, 7) is 6.64. The van der Waals surface area contributed by atoms with Crippen LogP contribution in [0, 0.1) is 11.8 Å². The molecule has 0 aromatic heterocycles. The largest absolute Gasteiger partial charge is 0.380 e. The first kappa shape index (κ1) is 11.0. The number of ether oxygens (including phenoxy) is 1. The van der Waals surface area contributed by atoms with Crippen LogP contribution in [0.3, 0.4) is 0 Å². The zero-order valence-corrected chi connectivity index (χ0v) is 9.18. The van der Waals surface area contributed by atoms with Crippen molar-refractivity contribution in [2.24, 2.45) is 11.8 Å². The molecule has 78 valence electrons. The van der Waals surface area contributed by atoms with Gasteiger partial charge in [-0.25, -0.2) is 0 Å². The Kier molecular flexibility index (Phi) is 4.74. The highest BCUT2D eigenvalue weighted by atomic mass is 16.5. The second-order valence-electron chi connectivity index (χ2n) is 4.37. The van der Waals surface area contributed by atoms with Gasteiger partial charge in [-0.15, -0.1) is 0 Å². The van der Waals surface area contributed by atoms with Gasteiger partial charge in [-0.3, -0.25) is 0 Å². The normalized spacial score (nSPS) is 30.7. The quantitative estimate of drug-likeness (QED) is 0.708. The van der Waals surface area contributed by atoms with Crippen molar-refractivity contribution in [3.8, 4) is 0 Å². The van der Waals surface area contributed by atoms with Crippen molar-refractivity contribution in [2.45, 2.75) is 39.2 Å². The molecule has 1 saturated carbocycles. The van der Waals surface area contributed by atoms with Gasteiger partial charge in [-0.05, 0) is 31.7 Å². The van der Waals surface area contributed by atoms with Gasteiger partial charge in [0.2, 0.25) is 0 Å². The van der Waals surface area contributed by atoms with Crippen molar-refractivity contribution in [1.29, 1.82) is 0 Å². The Bertz CT molecular complexity index is 138. The first-order chi connectivity index (χ1) is 6.24. The molecule has 1 aliphatic carbocycles. The summed E-state index contributed by atoms with van der Waals surface area (Å²) in [5.41, 5.74) is 0. The summed E-state index contributed by atoms with van der Waals surface area (Å²) in [6, 6.07) is 0. The molecule has 0 heterocycles. The topological polar surface area (TPSA) is 21.3 Å². The highest BCUT2D eigenvalue weighted by Crippen LogP contribution is 2.30. The molecule has 3 unspecified atom stereocenters. The van der Waals surface area contributed by atoms with E-state index in [1.54, 1.807) is 7.11 Å². The lowest BCUT2D eigenvalue weighted by Gasteiger charge is -2.17. The molecule has 1 aliphatic rings. The standard InChI is InChI=1S/C11H23NO/c1-9-5-4-6-11(9)8-12-7-10(2)13-3/h9-12H,4-8H2,1-3H3. The van der Waals surface area contributed by atoms with Crippen molar-refractivity contribution >= 4 is 0 Å². The van der Waals surface area contributed by atoms with Gasteiger partial charge in [0.1, 0.15) is 0 Å². The fourth-order valence-electron chi connectivity index (χ4n) is 2.08. The number of hydrogen-bond donors (Lipinski definition) is 1. The maximum atomic E-state index is 5.18. The third kappa shape index (κ3) is 3.65. The third-order valence-electron chi connectivity index (χ3n) is 3.28. The zero-order valence-electron chi connectivity index (χ0n) is 9.18.